The van der Waals surface area contributed by atoms with E-state index in [1.807, 2.05) is 48.5 Å². The molecule has 2 rings (SSSR count). The van der Waals surface area contributed by atoms with Crippen molar-refractivity contribution in [3.05, 3.63) is 65.1 Å². The second kappa shape index (κ2) is 8.28. The number of nitrogens with one attached hydrogen (secondary N) is 1. The highest BCUT2D eigenvalue weighted by Gasteiger charge is 2.04. The third kappa shape index (κ3) is 4.78. The molecule has 3 heteroatoms. The van der Waals surface area contributed by atoms with Gasteiger partial charge in [0.15, 0.2) is 0 Å². The van der Waals surface area contributed by atoms with E-state index >= 15 is 0 Å². The summed E-state index contributed by atoms with van der Waals surface area (Å²) in [6, 6.07) is 15.9. The van der Waals surface area contributed by atoms with E-state index in [1.54, 1.807) is 6.92 Å². The number of carbonyl (C=O) groups is 1. The normalized spacial score (nSPS) is 10.3. The van der Waals surface area contributed by atoms with E-state index in [1.165, 1.54) is 0 Å². The predicted octanol–water partition coefficient (Wildman–Crippen LogP) is 4.54. The molecule has 0 spiro atoms. The van der Waals surface area contributed by atoms with Gasteiger partial charge in [0.05, 0.1) is 0 Å². The van der Waals surface area contributed by atoms with Crippen molar-refractivity contribution >= 4 is 11.6 Å². The van der Waals surface area contributed by atoms with Gasteiger partial charge in [-0.1, -0.05) is 68.8 Å². The summed E-state index contributed by atoms with van der Waals surface area (Å²) in [5.74, 6) is 0.103. The van der Waals surface area contributed by atoms with Gasteiger partial charge in [-0.05, 0) is 28.7 Å². The summed E-state index contributed by atoms with van der Waals surface area (Å²) in [6.07, 6.45) is 2.55. The highest BCUT2D eigenvalue weighted by molar-refractivity contribution is 6.06. The molecule has 0 aliphatic heterocycles. The van der Waals surface area contributed by atoms with Crippen molar-refractivity contribution in [2.24, 2.45) is 0 Å². The molecule has 1 N–H and O–H groups in total. The molecule has 23 heavy (non-hydrogen) atoms. The molecule has 0 radical (unpaired) electrons. The summed E-state index contributed by atoms with van der Waals surface area (Å²) < 4.78 is 0. The van der Waals surface area contributed by atoms with Gasteiger partial charge in [-0.25, -0.2) is 0 Å². The quantitative estimate of drug-likeness (QED) is 0.750. The molecule has 2 aromatic rings. The van der Waals surface area contributed by atoms with Crippen LogP contribution in [0.4, 0.5) is 0 Å². The van der Waals surface area contributed by atoms with Gasteiger partial charge in [0, 0.05) is 13.0 Å². The zero-order valence-electron chi connectivity index (χ0n) is 13.8. The van der Waals surface area contributed by atoms with E-state index in [-0.39, 0.29) is 5.91 Å². The number of hydrogen-bond acceptors (Lipinski definition) is 1. The van der Waals surface area contributed by atoms with Crippen LogP contribution in [0, 0.1) is 0 Å². The number of unbranched alkanes of at least 4 members (excludes halogenated alkanes) is 1. The van der Waals surface area contributed by atoms with Gasteiger partial charge in [0.25, 0.3) is 0 Å². The maximum Gasteiger partial charge on any atom is 0.220 e. The summed E-state index contributed by atoms with van der Waals surface area (Å²) in [4.78, 5) is 11.6. The molecule has 0 aliphatic rings. The average molecular weight is 307 g/mol. The number of hydrogen-bond donors (Lipinski definition) is 1. The lowest BCUT2D eigenvalue weighted by Crippen LogP contribution is -2.22. The molecule has 0 unspecified atom stereocenters. The van der Waals surface area contributed by atoms with Crippen molar-refractivity contribution in [1.29, 1.82) is 0 Å². The molecule has 0 saturated carbocycles. The molecular weight excluding hydrogens is 284 g/mol. The first-order valence-corrected chi connectivity index (χ1v) is 8.09. The Morgan fingerprint density at radius 1 is 1.09 bits per heavy atom. The lowest BCUT2D eigenvalue weighted by Gasteiger charge is -2.14. The summed E-state index contributed by atoms with van der Waals surface area (Å²) in [6.45, 7) is 4.32. The highest BCUT2D eigenvalue weighted by atomic mass is 16.1. The van der Waals surface area contributed by atoms with Crippen LogP contribution in [0.2, 0.25) is 0 Å². The first kappa shape index (κ1) is 16.9. The maximum absolute atomic E-state index is 11.6. The monoisotopic (exact) mass is 307 g/mol. The lowest BCUT2D eigenvalue weighted by molar-refractivity contribution is -0.121. The zero-order chi connectivity index (χ0) is 16.7. The fraction of sp³-hybridized carbons (Fsp3) is 0.300. The SMILES string of the molecule is CCCCC(=O)NCc1ccc(-c2ccccc2C(C)=[N-])cc1. The minimum absolute atomic E-state index is 0.103. The van der Waals surface area contributed by atoms with Gasteiger partial charge < -0.3 is 10.7 Å². The van der Waals surface area contributed by atoms with Gasteiger partial charge in [-0.3, -0.25) is 4.79 Å². The Bertz CT molecular complexity index is 674. The maximum atomic E-state index is 11.6. The third-order valence-corrected chi connectivity index (χ3v) is 3.83. The summed E-state index contributed by atoms with van der Waals surface area (Å²) in [5, 5.41) is 12.7. The molecule has 1 amide bonds. The minimum Gasteiger partial charge on any atom is -0.807 e. The van der Waals surface area contributed by atoms with Gasteiger partial charge in [0.2, 0.25) is 5.91 Å². The van der Waals surface area contributed by atoms with E-state index < -0.39 is 0 Å². The minimum atomic E-state index is 0.103. The van der Waals surface area contributed by atoms with Crippen LogP contribution in [0.5, 0.6) is 0 Å². The van der Waals surface area contributed by atoms with Crippen molar-refractivity contribution in [2.75, 3.05) is 0 Å². The molecule has 0 bridgehead atoms. The van der Waals surface area contributed by atoms with Gasteiger partial charge in [-0.2, -0.15) is 5.71 Å². The average Bonchev–Trinajstić information content (AvgIpc) is 2.58. The van der Waals surface area contributed by atoms with Crippen LogP contribution in [-0.2, 0) is 11.3 Å². The molecule has 0 atom stereocenters. The fourth-order valence-electron chi connectivity index (χ4n) is 2.48. The summed E-state index contributed by atoms with van der Waals surface area (Å²) in [5.41, 5.74) is 4.28. The molecule has 120 valence electrons. The molecule has 0 aromatic heterocycles. The highest BCUT2D eigenvalue weighted by Crippen LogP contribution is 2.24. The van der Waals surface area contributed by atoms with Crippen LogP contribution >= 0.6 is 0 Å². The summed E-state index contributed by atoms with van der Waals surface area (Å²) >= 11 is 0. The van der Waals surface area contributed by atoms with E-state index in [0.29, 0.717) is 18.7 Å². The first-order valence-electron chi connectivity index (χ1n) is 8.09. The standard InChI is InChI=1S/C20H23N2O/c1-3-4-9-20(23)22-14-16-10-12-17(13-11-16)19-8-6-5-7-18(19)15(2)21/h5-8,10-13H,3-4,9,14H2,1-2H3,(H,22,23)/q-1. The molecular formula is C20H23N2O-. The third-order valence-electron chi connectivity index (χ3n) is 3.83. The Labute approximate surface area is 138 Å². The van der Waals surface area contributed by atoms with Crippen molar-refractivity contribution < 1.29 is 4.79 Å². The number of rotatable bonds is 7. The number of carbonyl (C=O) groups excluding carboxylic acids is 1. The molecule has 2 aromatic carbocycles. The Balaban J connectivity index is 2.05. The molecule has 0 saturated heterocycles. The first-order chi connectivity index (χ1) is 11.1. The number of amides is 1. The van der Waals surface area contributed by atoms with Crippen molar-refractivity contribution in [3.8, 4) is 11.1 Å². The Morgan fingerprint density at radius 2 is 1.78 bits per heavy atom. The zero-order valence-corrected chi connectivity index (χ0v) is 13.8. The van der Waals surface area contributed by atoms with E-state index in [2.05, 4.69) is 12.2 Å². The van der Waals surface area contributed by atoms with E-state index in [4.69, 9.17) is 0 Å². The van der Waals surface area contributed by atoms with Crippen LogP contribution in [-0.4, -0.2) is 11.6 Å². The molecule has 0 heterocycles. The van der Waals surface area contributed by atoms with Crippen LogP contribution in [0.1, 0.15) is 44.2 Å². The second-order valence-electron chi connectivity index (χ2n) is 5.71. The molecule has 3 nitrogen and oxygen atoms in total. The lowest BCUT2D eigenvalue weighted by atomic mass is 9.96. The molecule has 0 fully saturated rings. The summed E-state index contributed by atoms with van der Waals surface area (Å²) in [7, 11) is 0. The van der Waals surface area contributed by atoms with Crippen molar-refractivity contribution in [2.45, 2.75) is 39.7 Å². The number of nitrogens with zero attached hydrogens (tertiary/aromatic N) is 1. The Kier molecular flexibility index (Phi) is 6.10. The Morgan fingerprint density at radius 3 is 2.43 bits per heavy atom. The van der Waals surface area contributed by atoms with Gasteiger partial charge in [0.1, 0.15) is 0 Å². The van der Waals surface area contributed by atoms with E-state index in [0.717, 1.165) is 35.1 Å². The predicted molar refractivity (Wildman–Crippen MR) is 96.4 cm³/mol. The fourth-order valence-corrected chi connectivity index (χ4v) is 2.48. The smallest absolute Gasteiger partial charge is 0.220 e. The van der Waals surface area contributed by atoms with Crippen molar-refractivity contribution in [1.82, 2.24) is 5.32 Å². The topological polar surface area (TPSA) is 51.4 Å². The van der Waals surface area contributed by atoms with Crippen LogP contribution in [0.15, 0.2) is 48.5 Å². The second-order valence-corrected chi connectivity index (χ2v) is 5.71. The van der Waals surface area contributed by atoms with Gasteiger partial charge >= 0.3 is 0 Å². The van der Waals surface area contributed by atoms with Crippen LogP contribution in [0.3, 0.4) is 0 Å². The van der Waals surface area contributed by atoms with Gasteiger partial charge in [-0.15, -0.1) is 0 Å². The number of benzene rings is 2. The Hall–Kier alpha value is -2.42. The van der Waals surface area contributed by atoms with Crippen LogP contribution in [0.25, 0.3) is 16.5 Å². The van der Waals surface area contributed by atoms with Crippen molar-refractivity contribution in [3.63, 3.8) is 0 Å². The van der Waals surface area contributed by atoms with E-state index in [9.17, 15) is 10.2 Å². The van der Waals surface area contributed by atoms with Crippen LogP contribution < -0.4 is 5.32 Å². The largest absolute Gasteiger partial charge is 0.807 e. The molecule has 0 aliphatic carbocycles.